The van der Waals surface area contributed by atoms with Crippen LogP contribution in [0, 0.1) is 0 Å². The van der Waals surface area contributed by atoms with Crippen LogP contribution in [0.3, 0.4) is 0 Å². The van der Waals surface area contributed by atoms with Crippen LogP contribution in [0.4, 0.5) is 10.6 Å². The summed E-state index contributed by atoms with van der Waals surface area (Å²) in [4.78, 5) is 14.8. The number of urea groups is 1. The third-order valence-electron chi connectivity index (χ3n) is 2.33. The van der Waals surface area contributed by atoms with Gasteiger partial charge in [-0.25, -0.2) is 4.79 Å². The summed E-state index contributed by atoms with van der Waals surface area (Å²) in [6.45, 7) is 1.73. The lowest BCUT2D eigenvalue weighted by Crippen LogP contribution is -2.29. The highest BCUT2D eigenvalue weighted by Gasteiger charge is 2.28. The van der Waals surface area contributed by atoms with Crippen LogP contribution >= 0.6 is 0 Å². The molecule has 1 aromatic rings. The van der Waals surface area contributed by atoms with Crippen LogP contribution in [0.1, 0.15) is 5.76 Å². The number of ether oxygens (including phenoxy) is 1. The minimum Gasteiger partial charge on any atom is -0.377 e. The van der Waals surface area contributed by atoms with Crippen LogP contribution in [-0.4, -0.2) is 43.3 Å². The maximum atomic E-state index is 11.6. The number of nitrogens with zero attached hydrogens (tertiary/aromatic N) is 3. The molecule has 6 heteroatoms. The first kappa shape index (κ1) is 9.97. The second-order valence-corrected chi connectivity index (χ2v) is 3.44. The molecule has 1 saturated heterocycles. The summed E-state index contributed by atoms with van der Waals surface area (Å²) in [5.74, 6) is 1.17. The molecule has 1 aliphatic rings. The van der Waals surface area contributed by atoms with Crippen molar-refractivity contribution in [3.05, 3.63) is 11.8 Å². The Bertz CT molecular complexity index is 363. The van der Waals surface area contributed by atoms with Crippen molar-refractivity contribution in [1.82, 2.24) is 10.1 Å². The Hall–Kier alpha value is -1.56. The zero-order chi connectivity index (χ0) is 10.8. The zero-order valence-electron chi connectivity index (χ0n) is 8.77. The molecule has 0 saturated carbocycles. The Kier molecular flexibility index (Phi) is 2.59. The average molecular weight is 211 g/mol. The minimum atomic E-state index is -0.0488. The van der Waals surface area contributed by atoms with Crippen molar-refractivity contribution >= 4 is 11.8 Å². The smallest absolute Gasteiger partial charge is 0.325 e. The Morgan fingerprint density at radius 1 is 1.60 bits per heavy atom. The molecular weight excluding hydrogens is 198 g/mol. The highest BCUT2D eigenvalue weighted by atomic mass is 16.5. The predicted octanol–water partition coefficient (Wildman–Crippen LogP) is 0.693. The molecule has 0 atom stereocenters. The fraction of sp³-hybridized carbons (Fsp3) is 0.556. The fourth-order valence-electron chi connectivity index (χ4n) is 1.50. The second-order valence-electron chi connectivity index (χ2n) is 3.44. The molecule has 2 rings (SSSR count). The van der Waals surface area contributed by atoms with Gasteiger partial charge in [-0.15, -0.1) is 0 Å². The van der Waals surface area contributed by atoms with Gasteiger partial charge in [0.2, 0.25) is 0 Å². The van der Waals surface area contributed by atoms with Gasteiger partial charge in [0.05, 0.1) is 0 Å². The van der Waals surface area contributed by atoms with E-state index in [4.69, 9.17) is 9.26 Å². The first-order valence-corrected chi connectivity index (χ1v) is 4.69. The van der Waals surface area contributed by atoms with Crippen molar-refractivity contribution in [3.63, 3.8) is 0 Å². The number of hydrogen-bond acceptors (Lipinski definition) is 4. The number of aromatic nitrogens is 1. The van der Waals surface area contributed by atoms with E-state index in [1.54, 1.807) is 30.0 Å². The minimum absolute atomic E-state index is 0.0488. The lowest BCUT2D eigenvalue weighted by molar-refractivity contribution is 0.156. The fourth-order valence-corrected chi connectivity index (χ4v) is 1.50. The lowest BCUT2D eigenvalue weighted by Gasteiger charge is -2.11. The molecule has 0 bridgehead atoms. The molecule has 1 fully saturated rings. The molecule has 1 aromatic heterocycles. The lowest BCUT2D eigenvalue weighted by atomic mass is 10.4. The number of anilines is 1. The molecule has 2 amide bonds. The summed E-state index contributed by atoms with van der Waals surface area (Å²) in [5.41, 5.74) is 0. The molecule has 0 radical (unpaired) electrons. The van der Waals surface area contributed by atoms with Gasteiger partial charge < -0.3 is 14.2 Å². The van der Waals surface area contributed by atoms with Gasteiger partial charge in [-0.1, -0.05) is 5.16 Å². The van der Waals surface area contributed by atoms with E-state index in [0.29, 0.717) is 31.3 Å². The van der Waals surface area contributed by atoms with Crippen molar-refractivity contribution in [3.8, 4) is 0 Å². The topological polar surface area (TPSA) is 58.8 Å². The van der Waals surface area contributed by atoms with Crippen molar-refractivity contribution < 1.29 is 14.1 Å². The number of hydrogen-bond donors (Lipinski definition) is 0. The van der Waals surface area contributed by atoms with Crippen molar-refractivity contribution in [2.24, 2.45) is 0 Å². The SMILES string of the molecule is COCc1cc(N2CCN(C)C2=O)no1. The van der Waals surface area contributed by atoms with Gasteiger partial charge in [-0.2, -0.15) is 0 Å². The highest BCUT2D eigenvalue weighted by molar-refractivity contribution is 5.92. The first-order chi connectivity index (χ1) is 7.22. The molecule has 0 aliphatic carbocycles. The van der Waals surface area contributed by atoms with Crippen molar-refractivity contribution in [2.45, 2.75) is 6.61 Å². The number of amides is 2. The Balaban J connectivity index is 2.12. The average Bonchev–Trinajstić information content (AvgIpc) is 2.77. The van der Waals surface area contributed by atoms with E-state index >= 15 is 0 Å². The van der Waals surface area contributed by atoms with Crippen LogP contribution in [0.15, 0.2) is 10.6 Å². The second kappa shape index (κ2) is 3.90. The predicted molar refractivity (Wildman–Crippen MR) is 52.6 cm³/mol. The third-order valence-corrected chi connectivity index (χ3v) is 2.33. The zero-order valence-corrected chi connectivity index (χ0v) is 8.77. The standard InChI is InChI=1S/C9H13N3O3/c1-11-3-4-12(9(11)13)8-5-7(6-14-2)15-10-8/h5H,3-4,6H2,1-2H3. The number of carbonyl (C=O) groups is 1. The maximum absolute atomic E-state index is 11.6. The molecule has 0 unspecified atom stereocenters. The van der Waals surface area contributed by atoms with Gasteiger partial charge in [0.15, 0.2) is 11.6 Å². The van der Waals surface area contributed by atoms with Gasteiger partial charge in [0.1, 0.15) is 6.61 Å². The molecule has 82 valence electrons. The van der Waals surface area contributed by atoms with Crippen LogP contribution in [-0.2, 0) is 11.3 Å². The summed E-state index contributed by atoms with van der Waals surface area (Å²) < 4.78 is 9.92. The molecule has 2 heterocycles. The van der Waals surface area contributed by atoms with E-state index in [2.05, 4.69) is 5.16 Å². The summed E-state index contributed by atoms with van der Waals surface area (Å²) in [6.07, 6.45) is 0. The Morgan fingerprint density at radius 2 is 2.40 bits per heavy atom. The summed E-state index contributed by atoms with van der Waals surface area (Å²) >= 11 is 0. The van der Waals surface area contributed by atoms with Crippen LogP contribution in [0.25, 0.3) is 0 Å². The summed E-state index contributed by atoms with van der Waals surface area (Å²) in [7, 11) is 3.34. The van der Waals surface area contributed by atoms with E-state index in [0.717, 1.165) is 0 Å². The number of rotatable bonds is 3. The molecule has 1 aliphatic heterocycles. The van der Waals surface area contributed by atoms with Gasteiger partial charge >= 0.3 is 6.03 Å². The molecule has 6 nitrogen and oxygen atoms in total. The normalized spacial score (nSPS) is 16.5. The van der Waals surface area contributed by atoms with Gasteiger partial charge in [-0.05, 0) is 0 Å². The van der Waals surface area contributed by atoms with E-state index in [1.165, 1.54) is 0 Å². The number of carbonyl (C=O) groups excluding carboxylic acids is 1. The summed E-state index contributed by atoms with van der Waals surface area (Å²) in [6, 6.07) is 1.67. The first-order valence-electron chi connectivity index (χ1n) is 4.69. The quantitative estimate of drug-likeness (QED) is 0.738. The highest BCUT2D eigenvalue weighted by Crippen LogP contribution is 2.19. The van der Waals surface area contributed by atoms with Crippen LogP contribution in [0.5, 0.6) is 0 Å². The molecule has 0 spiro atoms. The van der Waals surface area contributed by atoms with E-state index < -0.39 is 0 Å². The third kappa shape index (κ3) is 1.80. The van der Waals surface area contributed by atoms with Crippen molar-refractivity contribution in [2.75, 3.05) is 32.1 Å². The Morgan fingerprint density at radius 3 is 3.00 bits per heavy atom. The van der Waals surface area contributed by atoms with E-state index in [9.17, 15) is 4.79 Å². The molecule has 0 aromatic carbocycles. The summed E-state index contributed by atoms with van der Waals surface area (Å²) in [5, 5.41) is 3.83. The van der Waals surface area contributed by atoms with Crippen molar-refractivity contribution in [1.29, 1.82) is 0 Å². The Labute approximate surface area is 87.4 Å². The van der Waals surface area contributed by atoms with Crippen LogP contribution < -0.4 is 4.90 Å². The van der Waals surface area contributed by atoms with Gasteiger partial charge in [0, 0.05) is 33.3 Å². The van der Waals surface area contributed by atoms with Crippen LogP contribution in [0.2, 0.25) is 0 Å². The van der Waals surface area contributed by atoms with E-state index in [1.807, 2.05) is 0 Å². The van der Waals surface area contributed by atoms with E-state index in [-0.39, 0.29) is 6.03 Å². The van der Waals surface area contributed by atoms with Gasteiger partial charge in [0.25, 0.3) is 0 Å². The molecule has 0 N–H and O–H groups in total. The monoisotopic (exact) mass is 211 g/mol. The number of likely N-dealkylation sites (N-methyl/N-ethyl adjacent to an activating group) is 1. The number of methoxy groups -OCH3 is 1. The maximum Gasteiger partial charge on any atom is 0.325 e. The largest absolute Gasteiger partial charge is 0.377 e. The molecular formula is C9H13N3O3. The van der Waals surface area contributed by atoms with Gasteiger partial charge in [-0.3, -0.25) is 4.90 Å². The molecule has 15 heavy (non-hydrogen) atoms.